The molecule has 18 heavy (non-hydrogen) atoms. The second-order valence-corrected chi connectivity index (χ2v) is 8.69. The van der Waals surface area contributed by atoms with Crippen LogP contribution in [0.5, 0.6) is 0 Å². The second-order valence-electron chi connectivity index (χ2n) is 4.11. The van der Waals surface area contributed by atoms with Gasteiger partial charge < -0.3 is 0 Å². The van der Waals surface area contributed by atoms with E-state index in [1.165, 1.54) is 11.3 Å². The van der Waals surface area contributed by atoms with Crippen LogP contribution in [0.1, 0.15) is 18.2 Å². The van der Waals surface area contributed by atoms with E-state index < -0.39 is 10.0 Å². The van der Waals surface area contributed by atoms with Crippen LogP contribution in [0.4, 0.5) is 0 Å². The second kappa shape index (κ2) is 6.13. The lowest BCUT2D eigenvalue weighted by molar-refractivity contribution is 0.416. The molecule has 3 nitrogen and oxygen atoms in total. The van der Waals surface area contributed by atoms with Crippen LogP contribution in [0.2, 0.25) is 0 Å². The number of halogens is 1. The third-order valence-corrected chi connectivity index (χ3v) is 7.80. The van der Waals surface area contributed by atoms with Crippen molar-refractivity contribution in [2.45, 2.75) is 29.4 Å². The highest BCUT2D eigenvalue weighted by Crippen LogP contribution is 2.30. The van der Waals surface area contributed by atoms with Crippen molar-refractivity contribution in [2.75, 3.05) is 18.8 Å². The zero-order chi connectivity index (χ0) is 13.2. The smallest absolute Gasteiger partial charge is 0.207 e. The van der Waals surface area contributed by atoms with Crippen molar-refractivity contribution < 1.29 is 8.42 Å². The van der Waals surface area contributed by atoms with E-state index in [9.17, 15) is 8.42 Å². The van der Waals surface area contributed by atoms with Crippen molar-refractivity contribution in [3.05, 3.63) is 16.3 Å². The average Bonchev–Trinajstić information content (AvgIpc) is 2.88. The predicted octanol–water partition coefficient (Wildman–Crippen LogP) is 3.00. The van der Waals surface area contributed by atoms with Crippen molar-refractivity contribution in [1.29, 1.82) is 0 Å². The lowest BCUT2D eigenvalue weighted by Gasteiger charge is -2.31. The summed E-state index contributed by atoms with van der Waals surface area (Å²) in [5.74, 6) is 1.13. The summed E-state index contributed by atoms with van der Waals surface area (Å²) in [4.78, 5) is 1.13. The highest BCUT2D eigenvalue weighted by Gasteiger charge is 2.31. The monoisotopic (exact) mass is 325 g/mol. The maximum atomic E-state index is 12.6. The lowest BCUT2D eigenvalue weighted by atomic mass is 10.3. The molecule has 0 spiro atoms. The number of alkyl halides is 1. The molecule has 0 radical (unpaired) electrons. The van der Waals surface area contributed by atoms with E-state index in [4.69, 9.17) is 11.6 Å². The summed E-state index contributed by atoms with van der Waals surface area (Å²) < 4.78 is 26.7. The Hall–Kier alpha value is 0.250. The molecule has 0 saturated carbocycles. The summed E-state index contributed by atoms with van der Waals surface area (Å²) in [6.45, 7) is 3.31. The average molecular weight is 326 g/mol. The van der Waals surface area contributed by atoms with Gasteiger partial charge in [0.2, 0.25) is 10.0 Å². The number of thiophene rings is 1. The normalized spacial score (nSPS) is 22.2. The number of nitrogens with zero attached hydrogens (tertiary/aromatic N) is 1. The van der Waals surface area contributed by atoms with Crippen LogP contribution in [-0.4, -0.2) is 36.8 Å². The van der Waals surface area contributed by atoms with Gasteiger partial charge in [0.15, 0.2) is 0 Å². The van der Waals surface area contributed by atoms with Gasteiger partial charge in [-0.3, -0.25) is 0 Å². The Bertz CT molecular complexity index is 500. The van der Waals surface area contributed by atoms with Gasteiger partial charge in [-0.25, -0.2) is 8.42 Å². The summed E-state index contributed by atoms with van der Waals surface area (Å²) >= 11 is 9.06. The fraction of sp³-hybridized carbons (Fsp3) is 0.636. The Kier molecular flexibility index (Phi) is 4.99. The summed E-state index contributed by atoms with van der Waals surface area (Å²) in [6.07, 6.45) is 1.00. The fourth-order valence-corrected chi connectivity index (χ4v) is 6.50. The minimum atomic E-state index is -3.36. The number of hydrogen-bond acceptors (Lipinski definition) is 4. The van der Waals surface area contributed by atoms with Crippen LogP contribution in [0.15, 0.2) is 16.3 Å². The minimum absolute atomic E-state index is 0.256. The molecule has 1 saturated heterocycles. The topological polar surface area (TPSA) is 37.4 Å². The van der Waals surface area contributed by atoms with Crippen LogP contribution in [0.25, 0.3) is 0 Å². The van der Waals surface area contributed by atoms with Crippen molar-refractivity contribution in [3.63, 3.8) is 0 Å². The lowest BCUT2D eigenvalue weighted by Crippen LogP contribution is -2.41. The fourth-order valence-electron chi connectivity index (χ4n) is 1.95. The zero-order valence-electron chi connectivity index (χ0n) is 10.1. The zero-order valence-corrected chi connectivity index (χ0v) is 13.3. The molecule has 1 aliphatic heterocycles. The third kappa shape index (κ3) is 2.88. The van der Waals surface area contributed by atoms with E-state index in [0.29, 0.717) is 23.2 Å². The molecule has 1 unspecified atom stereocenters. The summed E-state index contributed by atoms with van der Waals surface area (Å²) in [7, 11) is -3.36. The van der Waals surface area contributed by atoms with Crippen molar-refractivity contribution >= 4 is 44.7 Å². The van der Waals surface area contributed by atoms with Crippen LogP contribution in [-0.2, 0) is 15.9 Å². The Labute approximate surface area is 122 Å². The summed E-state index contributed by atoms with van der Waals surface area (Å²) in [6, 6.07) is 1.67. The standard InChI is InChI=1S/C11H16ClNO2S3/c1-2-9-8-13(4-6-16-9)18(14,15)11-3-5-17-10(11)7-12/h3,5,9H,2,4,6-8H2,1H3. The van der Waals surface area contributed by atoms with E-state index in [0.717, 1.165) is 17.1 Å². The minimum Gasteiger partial charge on any atom is -0.207 e. The first-order valence-electron chi connectivity index (χ1n) is 5.83. The van der Waals surface area contributed by atoms with Crippen LogP contribution in [0, 0.1) is 0 Å². The Balaban J connectivity index is 2.25. The van der Waals surface area contributed by atoms with E-state index in [1.807, 2.05) is 11.8 Å². The molecule has 7 heteroatoms. The number of rotatable bonds is 4. The summed E-state index contributed by atoms with van der Waals surface area (Å²) in [5, 5.41) is 2.20. The largest absolute Gasteiger partial charge is 0.244 e. The molecule has 0 N–H and O–H groups in total. The molecule has 1 aliphatic rings. The van der Waals surface area contributed by atoms with Gasteiger partial charge in [0, 0.05) is 29.0 Å². The number of sulfonamides is 1. The molecule has 0 aliphatic carbocycles. The maximum absolute atomic E-state index is 12.6. The highest BCUT2D eigenvalue weighted by atomic mass is 35.5. The van der Waals surface area contributed by atoms with Crippen LogP contribution >= 0.6 is 34.7 Å². The summed E-state index contributed by atoms with van der Waals surface area (Å²) in [5.41, 5.74) is 0. The quantitative estimate of drug-likeness (QED) is 0.799. The Morgan fingerprint density at radius 2 is 2.33 bits per heavy atom. The molecule has 0 amide bonds. The number of hydrogen-bond donors (Lipinski definition) is 0. The van der Waals surface area contributed by atoms with Crippen molar-refractivity contribution in [1.82, 2.24) is 4.31 Å². The van der Waals surface area contributed by atoms with Crippen LogP contribution in [0.3, 0.4) is 0 Å². The number of thioether (sulfide) groups is 1. The van der Waals surface area contributed by atoms with Crippen LogP contribution < -0.4 is 0 Å². The molecule has 1 aromatic heterocycles. The van der Waals surface area contributed by atoms with E-state index in [2.05, 4.69) is 6.92 Å². The van der Waals surface area contributed by atoms with Crippen molar-refractivity contribution in [2.24, 2.45) is 0 Å². The molecule has 2 rings (SSSR count). The van der Waals surface area contributed by atoms with E-state index >= 15 is 0 Å². The SMILES string of the molecule is CCC1CN(S(=O)(=O)c2ccsc2CCl)CCS1. The maximum Gasteiger partial charge on any atom is 0.244 e. The molecular formula is C11H16ClNO2S3. The van der Waals surface area contributed by atoms with Gasteiger partial charge >= 0.3 is 0 Å². The Morgan fingerprint density at radius 3 is 3.00 bits per heavy atom. The van der Waals surface area contributed by atoms with E-state index in [1.54, 1.807) is 15.8 Å². The first-order valence-corrected chi connectivity index (χ1v) is 9.74. The molecule has 1 atom stereocenters. The Morgan fingerprint density at radius 1 is 1.56 bits per heavy atom. The van der Waals surface area contributed by atoms with Gasteiger partial charge in [-0.05, 0) is 17.9 Å². The molecule has 0 aromatic carbocycles. The first kappa shape index (κ1) is 14.7. The van der Waals surface area contributed by atoms with Gasteiger partial charge in [-0.15, -0.1) is 22.9 Å². The molecule has 0 bridgehead atoms. The van der Waals surface area contributed by atoms with Gasteiger partial charge in [0.25, 0.3) is 0 Å². The molecule has 1 aromatic rings. The first-order chi connectivity index (χ1) is 8.59. The molecule has 102 valence electrons. The highest BCUT2D eigenvalue weighted by molar-refractivity contribution is 8.00. The molecule has 2 heterocycles. The van der Waals surface area contributed by atoms with Crippen molar-refractivity contribution in [3.8, 4) is 0 Å². The predicted molar refractivity (Wildman–Crippen MR) is 79.2 cm³/mol. The van der Waals surface area contributed by atoms with Gasteiger partial charge in [-0.1, -0.05) is 6.92 Å². The molecular weight excluding hydrogens is 310 g/mol. The van der Waals surface area contributed by atoms with Gasteiger partial charge in [0.1, 0.15) is 0 Å². The van der Waals surface area contributed by atoms with Gasteiger partial charge in [-0.2, -0.15) is 16.1 Å². The van der Waals surface area contributed by atoms with E-state index in [-0.39, 0.29) is 5.88 Å². The molecule has 1 fully saturated rings. The third-order valence-electron chi connectivity index (χ3n) is 3.00. The van der Waals surface area contributed by atoms with Gasteiger partial charge in [0.05, 0.1) is 10.8 Å².